The Balaban J connectivity index is 1.40. The zero-order chi connectivity index (χ0) is 20.3. The normalized spacial score (nSPS) is 11.4. The molecule has 0 spiro atoms. The van der Waals surface area contributed by atoms with Crippen molar-refractivity contribution >= 4 is 44.3 Å². The summed E-state index contributed by atoms with van der Waals surface area (Å²) in [6, 6.07) is 11.2. The van der Waals surface area contributed by atoms with Crippen molar-refractivity contribution in [1.82, 2.24) is 9.71 Å². The number of hydrogen-bond acceptors (Lipinski definition) is 7. The van der Waals surface area contributed by atoms with Gasteiger partial charge in [-0.05, 0) is 47.8 Å². The van der Waals surface area contributed by atoms with E-state index < -0.39 is 10.0 Å². The lowest BCUT2D eigenvalue weighted by Gasteiger charge is -2.07. The Bertz CT molecular complexity index is 1200. The molecule has 0 fully saturated rings. The number of benzene rings is 1. The van der Waals surface area contributed by atoms with Crippen LogP contribution in [0.3, 0.4) is 0 Å². The fraction of sp³-hybridized carbons (Fsp3) is 0.0526. The molecule has 3 heterocycles. The summed E-state index contributed by atoms with van der Waals surface area (Å²) in [6.07, 6.45) is 1.48. The fourth-order valence-corrected chi connectivity index (χ4v) is 4.98. The number of furan rings is 1. The number of nitrogens with zero attached hydrogens (tertiary/aromatic N) is 1. The molecule has 0 saturated carbocycles. The molecule has 0 aliphatic heterocycles. The molecule has 4 aromatic rings. The van der Waals surface area contributed by atoms with Gasteiger partial charge in [-0.25, -0.2) is 18.1 Å². The van der Waals surface area contributed by atoms with E-state index in [9.17, 15) is 13.2 Å². The summed E-state index contributed by atoms with van der Waals surface area (Å²) >= 11 is 2.96. The number of nitrogens with one attached hydrogen (secondary N) is 2. The standard InChI is InChI=1S/C19H15N3O4S3/c23-18(17-12-28-19(22-17)13-7-9-27-11-13)21-14-3-5-16(6-4-14)29(24,25)20-10-15-2-1-8-26-15/h1-9,11-12,20H,10H2,(H,21,23). The van der Waals surface area contributed by atoms with Crippen LogP contribution < -0.4 is 10.0 Å². The van der Waals surface area contributed by atoms with Gasteiger partial charge in [0, 0.05) is 22.0 Å². The Morgan fingerprint density at radius 1 is 1.10 bits per heavy atom. The predicted octanol–water partition coefficient (Wildman–Crippen LogP) is 4.20. The van der Waals surface area contributed by atoms with Crippen LogP contribution in [0.5, 0.6) is 0 Å². The fourth-order valence-electron chi connectivity index (χ4n) is 2.47. The number of amides is 1. The summed E-state index contributed by atoms with van der Waals surface area (Å²) in [4.78, 5) is 16.9. The molecular weight excluding hydrogens is 430 g/mol. The van der Waals surface area contributed by atoms with Crippen LogP contribution >= 0.6 is 22.7 Å². The highest BCUT2D eigenvalue weighted by Gasteiger charge is 2.16. The molecule has 7 nitrogen and oxygen atoms in total. The number of rotatable bonds is 7. The summed E-state index contributed by atoms with van der Waals surface area (Å²) in [5, 5.41) is 9.13. The molecule has 4 rings (SSSR count). The number of thiophene rings is 1. The first-order chi connectivity index (χ1) is 14.0. The first-order valence-electron chi connectivity index (χ1n) is 8.43. The van der Waals surface area contributed by atoms with Crippen LogP contribution in [-0.4, -0.2) is 19.3 Å². The molecular formula is C19H15N3O4S3. The zero-order valence-electron chi connectivity index (χ0n) is 14.9. The third kappa shape index (κ3) is 4.62. The molecule has 0 aliphatic rings. The average Bonchev–Trinajstić information content (AvgIpc) is 3.49. The predicted molar refractivity (Wildman–Crippen MR) is 113 cm³/mol. The zero-order valence-corrected chi connectivity index (χ0v) is 17.3. The van der Waals surface area contributed by atoms with Crippen LogP contribution in [0.2, 0.25) is 0 Å². The second-order valence-corrected chi connectivity index (χ2v) is 9.34. The number of carbonyl (C=O) groups excluding carboxylic acids is 1. The SMILES string of the molecule is O=C(Nc1ccc(S(=O)(=O)NCc2ccco2)cc1)c1csc(-c2ccsc2)n1. The van der Waals surface area contributed by atoms with Crippen molar-refractivity contribution in [3.63, 3.8) is 0 Å². The lowest BCUT2D eigenvalue weighted by Crippen LogP contribution is -2.23. The van der Waals surface area contributed by atoms with Gasteiger partial charge in [-0.2, -0.15) is 11.3 Å². The maximum atomic E-state index is 12.4. The summed E-state index contributed by atoms with van der Waals surface area (Å²) in [5.74, 6) is 0.164. The van der Waals surface area contributed by atoms with E-state index in [4.69, 9.17) is 4.42 Å². The van der Waals surface area contributed by atoms with Crippen LogP contribution in [0, 0.1) is 0 Å². The van der Waals surface area contributed by atoms with Crippen molar-refractivity contribution in [3.8, 4) is 10.6 Å². The monoisotopic (exact) mass is 445 g/mol. The van der Waals surface area contributed by atoms with Crippen molar-refractivity contribution in [2.75, 3.05) is 5.32 Å². The average molecular weight is 446 g/mol. The largest absolute Gasteiger partial charge is 0.468 e. The van der Waals surface area contributed by atoms with Gasteiger partial charge in [-0.3, -0.25) is 4.79 Å². The molecule has 29 heavy (non-hydrogen) atoms. The number of anilines is 1. The van der Waals surface area contributed by atoms with Gasteiger partial charge in [0.2, 0.25) is 10.0 Å². The smallest absolute Gasteiger partial charge is 0.275 e. The van der Waals surface area contributed by atoms with E-state index in [1.165, 1.54) is 41.9 Å². The first-order valence-corrected chi connectivity index (χ1v) is 11.7. The molecule has 0 unspecified atom stereocenters. The van der Waals surface area contributed by atoms with Gasteiger partial charge in [0.1, 0.15) is 16.5 Å². The summed E-state index contributed by atoms with van der Waals surface area (Å²) in [6.45, 7) is 0.0596. The van der Waals surface area contributed by atoms with Crippen LogP contribution in [0.4, 0.5) is 5.69 Å². The van der Waals surface area contributed by atoms with Gasteiger partial charge in [0.15, 0.2) is 0 Å². The van der Waals surface area contributed by atoms with E-state index in [1.807, 2.05) is 16.8 Å². The van der Waals surface area contributed by atoms with Gasteiger partial charge < -0.3 is 9.73 Å². The lowest BCUT2D eigenvalue weighted by atomic mass is 10.3. The molecule has 0 bridgehead atoms. The number of hydrogen-bond donors (Lipinski definition) is 2. The molecule has 3 aromatic heterocycles. The van der Waals surface area contributed by atoms with Crippen molar-refractivity contribution in [1.29, 1.82) is 0 Å². The van der Waals surface area contributed by atoms with E-state index in [1.54, 1.807) is 28.8 Å². The number of sulfonamides is 1. The van der Waals surface area contributed by atoms with Crippen LogP contribution in [-0.2, 0) is 16.6 Å². The quantitative estimate of drug-likeness (QED) is 0.444. The number of aromatic nitrogens is 1. The highest BCUT2D eigenvalue weighted by molar-refractivity contribution is 7.89. The maximum absolute atomic E-state index is 12.4. The third-order valence-corrected chi connectivity index (χ3v) is 6.94. The van der Waals surface area contributed by atoms with Crippen LogP contribution in [0.25, 0.3) is 10.6 Å². The molecule has 0 saturated heterocycles. The lowest BCUT2D eigenvalue weighted by molar-refractivity contribution is 0.102. The van der Waals surface area contributed by atoms with E-state index in [2.05, 4.69) is 15.0 Å². The Hall–Kier alpha value is -2.79. The van der Waals surface area contributed by atoms with E-state index in [-0.39, 0.29) is 17.3 Å². The minimum atomic E-state index is -3.69. The summed E-state index contributed by atoms with van der Waals surface area (Å²) in [5.41, 5.74) is 1.77. The number of carbonyl (C=O) groups is 1. The van der Waals surface area contributed by atoms with E-state index in [0.29, 0.717) is 17.1 Å². The number of thiazole rings is 1. The summed E-state index contributed by atoms with van der Waals surface area (Å²) in [7, 11) is -3.69. The maximum Gasteiger partial charge on any atom is 0.275 e. The second kappa shape index (κ2) is 8.29. The molecule has 1 amide bonds. The second-order valence-electron chi connectivity index (χ2n) is 5.93. The van der Waals surface area contributed by atoms with Gasteiger partial charge in [-0.15, -0.1) is 11.3 Å². The Labute approximate surface area is 175 Å². The van der Waals surface area contributed by atoms with Crippen LogP contribution in [0.1, 0.15) is 16.2 Å². The van der Waals surface area contributed by atoms with E-state index in [0.717, 1.165) is 10.6 Å². The molecule has 10 heteroatoms. The molecule has 148 valence electrons. The Morgan fingerprint density at radius 2 is 1.93 bits per heavy atom. The topological polar surface area (TPSA) is 101 Å². The highest BCUT2D eigenvalue weighted by Crippen LogP contribution is 2.26. The highest BCUT2D eigenvalue weighted by atomic mass is 32.2. The first kappa shape index (κ1) is 19.5. The van der Waals surface area contributed by atoms with Crippen molar-refractivity contribution in [3.05, 3.63) is 76.3 Å². The van der Waals surface area contributed by atoms with Gasteiger partial charge in [0.25, 0.3) is 5.91 Å². The molecule has 1 aromatic carbocycles. The van der Waals surface area contributed by atoms with Crippen molar-refractivity contribution in [2.45, 2.75) is 11.4 Å². The van der Waals surface area contributed by atoms with Crippen LogP contribution in [0.15, 0.2) is 74.2 Å². The summed E-state index contributed by atoms with van der Waals surface area (Å²) < 4.78 is 32.3. The van der Waals surface area contributed by atoms with Crippen molar-refractivity contribution < 1.29 is 17.6 Å². The van der Waals surface area contributed by atoms with E-state index >= 15 is 0 Å². The molecule has 0 aliphatic carbocycles. The van der Waals surface area contributed by atoms with Gasteiger partial charge >= 0.3 is 0 Å². The van der Waals surface area contributed by atoms with Gasteiger partial charge in [0.05, 0.1) is 17.7 Å². The van der Waals surface area contributed by atoms with Gasteiger partial charge in [-0.1, -0.05) is 0 Å². The minimum absolute atomic E-state index is 0.0596. The minimum Gasteiger partial charge on any atom is -0.468 e. The Morgan fingerprint density at radius 3 is 2.62 bits per heavy atom. The molecule has 0 atom stereocenters. The molecule has 0 radical (unpaired) electrons. The molecule has 2 N–H and O–H groups in total. The third-order valence-electron chi connectivity index (χ3n) is 3.94. The Kier molecular flexibility index (Phi) is 5.58. The van der Waals surface area contributed by atoms with Crippen molar-refractivity contribution in [2.24, 2.45) is 0 Å².